The van der Waals surface area contributed by atoms with Gasteiger partial charge in [0.05, 0.1) is 21.4 Å². The van der Waals surface area contributed by atoms with Gasteiger partial charge in [0.2, 0.25) is 5.91 Å². The summed E-state index contributed by atoms with van der Waals surface area (Å²) in [7, 11) is 0. The Hall–Kier alpha value is -3.16. The molecule has 0 bridgehead atoms. The van der Waals surface area contributed by atoms with E-state index < -0.39 is 11.2 Å². The van der Waals surface area contributed by atoms with Gasteiger partial charge in [0, 0.05) is 16.3 Å². The number of carbonyl (C=O) groups is 2. The summed E-state index contributed by atoms with van der Waals surface area (Å²) in [6.07, 6.45) is 0. The number of carbonyl (C=O) groups excluding carboxylic acids is 2. The fourth-order valence-electron chi connectivity index (χ4n) is 3.68. The molecule has 0 radical (unpaired) electrons. The Morgan fingerprint density at radius 2 is 1.79 bits per heavy atom. The summed E-state index contributed by atoms with van der Waals surface area (Å²) in [4.78, 5) is 30.0. The van der Waals surface area contributed by atoms with Crippen LogP contribution < -0.4 is 11.1 Å². The second kappa shape index (κ2) is 9.37. The topological polar surface area (TPSA) is 85.1 Å². The molecule has 4 rings (SSSR count). The maximum Gasteiger partial charge on any atom is 0.252 e. The number of thioether (sulfide) groups is 1. The smallest absolute Gasteiger partial charge is 0.252 e. The minimum atomic E-state index is -0.565. The number of benzene rings is 2. The molecule has 0 spiro atoms. The first-order chi connectivity index (χ1) is 15.7. The third-order valence-corrected chi connectivity index (χ3v) is 7.44. The minimum Gasteiger partial charge on any atom is -0.365 e. The van der Waals surface area contributed by atoms with Gasteiger partial charge in [-0.25, -0.2) is 4.98 Å². The van der Waals surface area contributed by atoms with E-state index in [0.29, 0.717) is 10.6 Å². The van der Waals surface area contributed by atoms with Crippen molar-refractivity contribution in [2.24, 2.45) is 5.73 Å². The summed E-state index contributed by atoms with van der Waals surface area (Å²) in [5, 5.41) is 6.72. The number of pyridine rings is 1. The van der Waals surface area contributed by atoms with Crippen molar-refractivity contribution in [3.8, 4) is 11.1 Å². The third-order valence-electron chi connectivity index (χ3n) is 5.53. The Labute approximate surface area is 201 Å². The van der Waals surface area contributed by atoms with E-state index in [0.717, 1.165) is 43.7 Å². The molecule has 2 heterocycles. The summed E-state index contributed by atoms with van der Waals surface area (Å²) >= 11 is 2.70. The third kappa shape index (κ3) is 4.79. The number of nitrogens with two attached hydrogens (primary N) is 1. The number of anilines is 1. The predicted molar refractivity (Wildman–Crippen MR) is 138 cm³/mol. The highest BCUT2D eigenvalue weighted by Crippen LogP contribution is 2.36. The van der Waals surface area contributed by atoms with E-state index in [1.165, 1.54) is 23.1 Å². The van der Waals surface area contributed by atoms with E-state index in [4.69, 9.17) is 10.7 Å². The van der Waals surface area contributed by atoms with E-state index >= 15 is 0 Å². The van der Waals surface area contributed by atoms with Gasteiger partial charge in [-0.1, -0.05) is 59.8 Å². The van der Waals surface area contributed by atoms with Gasteiger partial charge in [-0.2, -0.15) is 0 Å². The highest BCUT2D eigenvalue weighted by Gasteiger charge is 2.23. The van der Waals surface area contributed by atoms with Crippen LogP contribution in [0.5, 0.6) is 0 Å². The Kier molecular flexibility index (Phi) is 6.54. The maximum absolute atomic E-state index is 13.0. The minimum absolute atomic E-state index is 0.205. The zero-order chi connectivity index (χ0) is 23.7. The van der Waals surface area contributed by atoms with Crippen LogP contribution in [0.2, 0.25) is 0 Å². The molecule has 7 heteroatoms. The molecular weight excluding hydrogens is 450 g/mol. The van der Waals surface area contributed by atoms with Crippen LogP contribution in [-0.2, 0) is 4.79 Å². The van der Waals surface area contributed by atoms with Gasteiger partial charge < -0.3 is 11.1 Å². The summed E-state index contributed by atoms with van der Waals surface area (Å²) in [5.74, 6) is -0.770. The molecule has 0 saturated carbocycles. The van der Waals surface area contributed by atoms with Crippen LogP contribution in [0, 0.1) is 20.8 Å². The zero-order valence-corrected chi connectivity index (χ0v) is 20.6. The molecule has 2 amide bonds. The van der Waals surface area contributed by atoms with E-state index in [-0.39, 0.29) is 5.91 Å². The largest absolute Gasteiger partial charge is 0.365 e. The Morgan fingerprint density at radius 1 is 1.06 bits per heavy atom. The van der Waals surface area contributed by atoms with Crippen molar-refractivity contribution >= 4 is 50.8 Å². The standard InChI is InChI=1S/C26H25N3O2S2/c1-14-8-10-18(11-9-14)20-13-32-26(22(20)24(27)30)29-25(31)17(4)33-21-12-16(3)19-7-5-6-15(2)23(19)28-21/h5-13,17H,1-4H3,(H2,27,30)(H,29,31). The highest BCUT2D eigenvalue weighted by molar-refractivity contribution is 8.00. The molecule has 0 aliphatic carbocycles. The normalized spacial score (nSPS) is 12.0. The molecule has 1 unspecified atom stereocenters. The molecule has 0 fully saturated rings. The van der Waals surface area contributed by atoms with Crippen molar-refractivity contribution < 1.29 is 9.59 Å². The summed E-state index contributed by atoms with van der Waals surface area (Å²) < 4.78 is 0. The number of nitrogens with zero attached hydrogens (tertiary/aromatic N) is 1. The molecule has 2 aromatic heterocycles. The van der Waals surface area contributed by atoms with Crippen molar-refractivity contribution in [2.45, 2.75) is 38.0 Å². The van der Waals surface area contributed by atoms with Gasteiger partial charge >= 0.3 is 0 Å². The summed E-state index contributed by atoms with van der Waals surface area (Å²) in [6, 6.07) is 16.0. The number of rotatable bonds is 6. The molecule has 0 aliphatic heterocycles. The fraction of sp³-hybridized carbons (Fsp3) is 0.192. The molecular formula is C26H25N3O2S2. The van der Waals surface area contributed by atoms with Crippen molar-refractivity contribution in [2.75, 3.05) is 5.32 Å². The quantitative estimate of drug-likeness (QED) is 0.330. The number of thiophene rings is 1. The van der Waals surface area contributed by atoms with Crippen LogP contribution in [0.4, 0.5) is 5.00 Å². The number of aromatic nitrogens is 1. The average Bonchev–Trinajstić information content (AvgIpc) is 3.19. The molecule has 1 atom stereocenters. The highest BCUT2D eigenvalue weighted by atomic mass is 32.2. The zero-order valence-electron chi connectivity index (χ0n) is 18.9. The van der Waals surface area contributed by atoms with Crippen LogP contribution in [0.3, 0.4) is 0 Å². The van der Waals surface area contributed by atoms with E-state index in [1.807, 2.05) is 68.6 Å². The lowest BCUT2D eigenvalue weighted by Gasteiger charge is -2.13. The first kappa shape index (κ1) is 23.0. The molecule has 0 aliphatic rings. The van der Waals surface area contributed by atoms with E-state index in [2.05, 4.69) is 18.3 Å². The Morgan fingerprint density at radius 3 is 2.48 bits per heavy atom. The molecule has 168 valence electrons. The number of aryl methyl sites for hydroxylation is 3. The number of nitrogens with one attached hydrogen (secondary N) is 1. The van der Waals surface area contributed by atoms with Crippen LogP contribution in [0.25, 0.3) is 22.0 Å². The Bertz CT molecular complexity index is 1360. The van der Waals surface area contributed by atoms with Gasteiger partial charge in [-0.05, 0) is 50.5 Å². The van der Waals surface area contributed by atoms with Crippen molar-refractivity contribution in [3.05, 3.63) is 76.2 Å². The lowest BCUT2D eigenvalue weighted by atomic mass is 10.0. The number of amides is 2. The molecule has 0 saturated heterocycles. The molecule has 5 nitrogen and oxygen atoms in total. The number of para-hydroxylation sites is 1. The number of hydrogen-bond acceptors (Lipinski definition) is 5. The average molecular weight is 476 g/mol. The van der Waals surface area contributed by atoms with Crippen molar-refractivity contribution in [3.63, 3.8) is 0 Å². The fourth-order valence-corrected chi connectivity index (χ4v) is 5.57. The summed E-state index contributed by atoms with van der Waals surface area (Å²) in [6.45, 7) is 7.92. The maximum atomic E-state index is 13.0. The molecule has 4 aromatic rings. The SMILES string of the molecule is Cc1ccc(-c2csc(NC(=O)C(C)Sc3cc(C)c4cccc(C)c4n3)c2C(N)=O)cc1. The number of primary amides is 1. The van der Waals surface area contributed by atoms with Crippen molar-refractivity contribution in [1.29, 1.82) is 0 Å². The lowest BCUT2D eigenvalue weighted by Crippen LogP contribution is -2.24. The molecule has 33 heavy (non-hydrogen) atoms. The monoisotopic (exact) mass is 475 g/mol. The number of fused-ring (bicyclic) bond motifs is 1. The van der Waals surface area contributed by atoms with Gasteiger partial charge in [0.1, 0.15) is 5.00 Å². The lowest BCUT2D eigenvalue weighted by molar-refractivity contribution is -0.115. The number of hydrogen-bond donors (Lipinski definition) is 2. The molecule has 3 N–H and O–H groups in total. The van der Waals surface area contributed by atoms with Crippen LogP contribution in [0.1, 0.15) is 34.0 Å². The Balaban J connectivity index is 1.56. The first-order valence-electron chi connectivity index (χ1n) is 10.6. The van der Waals surface area contributed by atoms with Crippen LogP contribution >= 0.6 is 23.1 Å². The second-order valence-electron chi connectivity index (χ2n) is 8.08. The van der Waals surface area contributed by atoms with Crippen LogP contribution in [-0.4, -0.2) is 22.0 Å². The molecule has 2 aromatic carbocycles. The first-order valence-corrected chi connectivity index (χ1v) is 12.3. The van der Waals surface area contributed by atoms with Gasteiger partial charge in [0.15, 0.2) is 0 Å². The van der Waals surface area contributed by atoms with Crippen molar-refractivity contribution in [1.82, 2.24) is 4.98 Å². The van der Waals surface area contributed by atoms with Crippen LogP contribution in [0.15, 0.2) is 58.9 Å². The van der Waals surface area contributed by atoms with E-state index in [9.17, 15) is 9.59 Å². The van der Waals surface area contributed by atoms with Gasteiger partial charge in [0.25, 0.3) is 5.91 Å². The predicted octanol–water partition coefficient (Wildman–Crippen LogP) is 6.11. The van der Waals surface area contributed by atoms with Gasteiger partial charge in [-0.3, -0.25) is 9.59 Å². The summed E-state index contributed by atoms with van der Waals surface area (Å²) in [5.41, 5.74) is 11.9. The van der Waals surface area contributed by atoms with E-state index in [1.54, 1.807) is 0 Å². The second-order valence-corrected chi connectivity index (χ2v) is 10.3. The van der Waals surface area contributed by atoms with Gasteiger partial charge in [-0.15, -0.1) is 11.3 Å².